The number of hydrogen-bond acceptors (Lipinski definition) is 4. The number of aryl methyl sites for hydroxylation is 3. The fourth-order valence-corrected chi connectivity index (χ4v) is 5.42. The Morgan fingerprint density at radius 1 is 1.24 bits per heavy atom. The van der Waals surface area contributed by atoms with Crippen LogP contribution in [0.1, 0.15) is 49.6 Å². The van der Waals surface area contributed by atoms with Crippen LogP contribution in [-0.2, 0) is 19.4 Å². The number of nitrogens with zero attached hydrogens (tertiary/aromatic N) is 2. The van der Waals surface area contributed by atoms with Crippen molar-refractivity contribution in [1.82, 2.24) is 9.55 Å². The molecule has 3 aromatic rings. The van der Waals surface area contributed by atoms with Gasteiger partial charge in [-0.1, -0.05) is 38.5 Å². The van der Waals surface area contributed by atoms with Crippen molar-refractivity contribution in [2.24, 2.45) is 11.3 Å². The highest BCUT2D eigenvalue weighted by molar-refractivity contribution is 7.18. The molecule has 1 aliphatic rings. The van der Waals surface area contributed by atoms with Crippen LogP contribution in [0.25, 0.3) is 10.2 Å². The fourth-order valence-electron chi connectivity index (χ4n) is 4.16. The molecule has 29 heavy (non-hydrogen) atoms. The number of thiophene rings is 1. The number of ether oxygens (including phenoxy) is 1. The van der Waals surface area contributed by atoms with Crippen molar-refractivity contribution in [1.29, 1.82) is 0 Å². The lowest BCUT2D eigenvalue weighted by molar-refractivity contribution is 0.218. The Bertz CT molecular complexity index is 1060. The minimum atomic E-state index is 0.108. The van der Waals surface area contributed by atoms with Crippen molar-refractivity contribution < 1.29 is 4.74 Å². The fraction of sp³-hybridized carbons (Fsp3) is 0.500. The predicted octanol–water partition coefficient (Wildman–Crippen LogP) is 5.39. The zero-order chi connectivity index (χ0) is 20.6. The largest absolute Gasteiger partial charge is 0.494 e. The molecule has 1 aliphatic carbocycles. The monoisotopic (exact) mass is 410 g/mol. The quantitative estimate of drug-likeness (QED) is 0.530. The SMILES string of the molecule is Cc1ccc(OCCCn2cnc3sc4c(c3c2=O)CC[C@@H](C(C)(C)C)C4)cc1. The van der Waals surface area contributed by atoms with Crippen molar-refractivity contribution >= 4 is 21.6 Å². The number of hydrogen-bond donors (Lipinski definition) is 0. The molecule has 4 rings (SSSR count). The van der Waals surface area contributed by atoms with Gasteiger partial charge in [-0.3, -0.25) is 9.36 Å². The van der Waals surface area contributed by atoms with Gasteiger partial charge in [-0.15, -0.1) is 11.3 Å². The predicted molar refractivity (Wildman–Crippen MR) is 120 cm³/mol. The van der Waals surface area contributed by atoms with Crippen LogP contribution in [0.4, 0.5) is 0 Å². The summed E-state index contributed by atoms with van der Waals surface area (Å²) in [4.78, 5) is 20.0. The van der Waals surface area contributed by atoms with Gasteiger partial charge in [0, 0.05) is 11.4 Å². The first-order valence-electron chi connectivity index (χ1n) is 10.5. The second kappa shape index (κ2) is 7.94. The van der Waals surface area contributed by atoms with Crippen molar-refractivity contribution in [2.45, 2.75) is 59.9 Å². The molecule has 0 fully saturated rings. The average Bonchev–Trinajstić information content (AvgIpc) is 3.06. The molecule has 0 spiro atoms. The van der Waals surface area contributed by atoms with Crippen LogP contribution in [0.2, 0.25) is 0 Å². The summed E-state index contributed by atoms with van der Waals surface area (Å²) in [7, 11) is 0. The number of aromatic nitrogens is 2. The Balaban J connectivity index is 1.47. The first-order chi connectivity index (χ1) is 13.8. The molecule has 0 saturated heterocycles. The smallest absolute Gasteiger partial charge is 0.262 e. The maximum absolute atomic E-state index is 13.1. The second-order valence-electron chi connectivity index (χ2n) is 9.25. The Morgan fingerprint density at radius 2 is 2.00 bits per heavy atom. The Morgan fingerprint density at radius 3 is 2.72 bits per heavy atom. The van der Waals surface area contributed by atoms with Gasteiger partial charge in [-0.05, 0) is 61.6 Å². The zero-order valence-electron chi connectivity index (χ0n) is 17.8. The highest BCUT2D eigenvalue weighted by Gasteiger charge is 2.31. The molecule has 5 heteroatoms. The molecule has 154 valence electrons. The Labute approximate surface area is 176 Å². The lowest BCUT2D eigenvalue weighted by Crippen LogP contribution is -2.27. The van der Waals surface area contributed by atoms with E-state index in [1.165, 1.54) is 16.0 Å². The normalized spacial score (nSPS) is 16.8. The zero-order valence-corrected chi connectivity index (χ0v) is 18.6. The third kappa shape index (κ3) is 4.25. The number of fused-ring (bicyclic) bond motifs is 3. The molecule has 0 N–H and O–H groups in total. The van der Waals surface area contributed by atoms with E-state index in [4.69, 9.17) is 4.74 Å². The Hall–Kier alpha value is -2.14. The third-order valence-corrected chi connectivity index (χ3v) is 7.26. The van der Waals surface area contributed by atoms with E-state index in [0.29, 0.717) is 24.5 Å². The molecule has 0 bridgehead atoms. The highest BCUT2D eigenvalue weighted by atomic mass is 32.1. The first kappa shape index (κ1) is 20.1. The minimum Gasteiger partial charge on any atom is -0.494 e. The van der Waals surface area contributed by atoms with Crippen LogP contribution >= 0.6 is 11.3 Å². The van der Waals surface area contributed by atoms with Gasteiger partial charge in [0.25, 0.3) is 5.56 Å². The number of benzene rings is 1. The van der Waals surface area contributed by atoms with Gasteiger partial charge in [0.1, 0.15) is 10.6 Å². The van der Waals surface area contributed by atoms with Crippen molar-refractivity contribution in [3.8, 4) is 5.75 Å². The van der Waals surface area contributed by atoms with Crippen LogP contribution in [-0.4, -0.2) is 16.2 Å². The van der Waals surface area contributed by atoms with Gasteiger partial charge >= 0.3 is 0 Å². The first-order valence-corrected chi connectivity index (χ1v) is 11.3. The van der Waals surface area contributed by atoms with Crippen molar-refractivity contribution in [2.75, 3.05) is 6.61 Å². The van der Waals surface area contributed by atoms with Crippen LogP contribution in [0, 0.1) is 18.3 Å². The van der Waals surface area contributed by atoms with E-state index in [9.17, 15) is 4.79 Å². The molecule has 0 unspecified atom stereocenters. The van der Waals surface area contributed by atoms with Crippen LogP contribution in [0.3, 0.4) is 0 Å². The summed E-state index contributed by atoms with van der Waals surface area (Å²) in [6.07, 6.45) is 5.71. The van der Waals surface area contributed by atoms with Gasteiger partial charge in [0.05, 0.1) is 18.3 Å². The number of rotatable bonds is 5. The highest BCUT2D eigenvalue weighted by Crippen LogP contribution is 2.41. The van der Waals surface area contributed by atoms with Crippen molar-refractivity contribution in [3.05, 3.63) is 57.0 Å². The van der Waals surface area contributed by atoms with E-state index in [2.05, 4.69) is 32.7 Å². The summed E-state index contributed by atoms with van der Waals surface area (Å²) < 4.78 is 7.55. The molecule has 2 aromatic heterocycles. The third-order valence-electron chi connectivity index (χ3n) is 6.09. The lowest BCUT2D eigenvalue weighted by atomic mass is 9.72. The Kier molecular flexibility index (Phi) is 5.52. The standard InChI is InChI=1S/C24H30N2O2S/c1-16-6-9-18(10-7-16)28-13-5-12-26-15-25-22-21(23(26)27)19-11-8-17(24(2,3)4)14-20(19)29-22/h6-7,9-10,15,17H,5,8,11-14H2,1-4H3/t17-/m1/s1. The maximum Gasteiger partial charge on any atom is 0.262 e. The molecule has 0 amide bonds. The molecular formula is C24H30N2O2S. The summed E-state index contributed by atoms with van der Waals surface area (Å²) in [5, 5.41) is 0.860. The molecule has 1 atom stereocenters. The summed E-state index contributed by atoms with van der Waals surface area (Å²) in [5.41, 5.74) is 2.89. The van der Waals surface area contributed by atoms with E-state index in [-0.39, 0.29) is 5.56 Å². The molecule has 0 saturated carbocycles. The van der Waals surface area contributed by atoms with Gasteiger partial charge in [-0.2, -0.15) is 0 Å². The molecule has 1 aromatic carbocycles. The van der Waals surface area contributed by atoms with Crippen molar-refractivity contribution in [3.63, 3.8) is 0 Å². The molecule has 4 nitrogen and oxygen atoms in total. The summed E-state index contributed by atoms with van der Waals surface area (Å²) in [6, 6.07) is 8.05. The summed E-state index contributed by atoms with van der Waals surface area (Å²) >= 11 is 1.72. The molecule has 0 radical (unpaired) electrons. The molecule has 0 aliphatic heterocycles. The maximum atomic E-state index is 13.1. The van der Waals surface area contributed by atoms with Gasteiger partial charge < -0.3 is 4.74 Å². The van der Waals surface area contributed by atoms with E-state index < -0.39 is 0 Å². The van der Waals surface area contributed by atoms with E-state index in [1.807, 2.05) is 24.3 Å². The van der Waals surface area contributed by atoms with E-state index >= 15 is 0 Å². The minimum absolute atomic E-state index is 0.108. The van der Waals surface area contributed by atoms with Gasteiger partial charge in [0.2, 0.25) is 0 Å². The lowest BCUT2D eigenvalue weighted by Gasteiger charge is -2.33. The summed E-state index contributed by atoms with van der Waals surface area (Å²) in [5.74, 6) is 1.54. The molecule has 2 heterocycles. The topological polar surface area (TPSA) is 44.1 Å². The second-order valence-corrected chi connectivity index (χ2v) is 10.3. The van der Waals surface area contributed by atoms with Crippen LogP contribution in [0.15, 0.2) is 35.4 Å². The molecular weight excluding hydrogens is 380 g/mol. The van der Waals surface area contributed by atoms with E-state index in [0.717, 1.165) is 41.6 Å². The van der Waals surface area contributed by atoms with Crippen LogP contribution in [0.5, 0.6) is 5.75 Å². The van der Waals surface area contributed by atoms with E-state index in [1.54, 1.807) is 22.2 Å². The van der Waals surface area contributed by atoms with Gasteiger partial charge in [-0.25, -0.2) is 4.98 Å². The van der Waals surface area contributed by atoms with Crippen LogP contribution < -0.4 is 10.3 Å². The van der Waals surface area contributed by atoms with Gasteiger partial charge in [0.15, 0.2) is 0 Å². The summed E-state index contributed by atoms with van der Waals surface area (Å²) in [6.45, 7) is 10.2. The average molecular weight is 411 g/mol.